The van der Waals surface area contributed by atoms with E-state index in [1.807, 2.05) is 6.92 Å². The van der Waals surface area contributed by atoms with Crippen LogP contribution in [0.3, 0.4) is 0 Å². The van der Waals surface area contributed by atoms with E-state index in [1.165, 1.54) is 0 Å². The van der Waals surface area contributed by atoms with E-state index in [-0.39, 0.29) is 6.61 Å². The summed E-state index contributed by atoms with van der Waals surface area (Å²) in [6, 6.07) is 3.40. The fraction of sp³-hybridized carbons (Fsp3) is 0.462. The number of nitrogens with two attached hydrogens (primary N) is 1. The summed E-state index contributed by atoms with van der Waals surface area (Å²) in [6.45, 7) is 2.99. The Labute approximate surface area is 110 Å². The van der Waals surface area contributed by atoms with Gasteiger partial charge in [-0.1, -0.05) is 6.92 Å². The second-order valence-electron chi connectivity index (χ2n) is 4.81. The Morgan fingerprint density at radius 3 is 3.05 bits per heavy atom. The van der Waals surface area contributed by atoms with Gasteiger partial charge in [-0.3, -0.25) is 4.98 Å². The van der Waals surface area contributed by atoms with Gasteiger partial charge < -0.3 is 20.6 Å². The number of hydrogen-bond donors (Lipinski definition) is 4. The van der Waals surface area contributed by atoms with E-state index in [1.54, 1.807) is 12.1 Å². The average molecular weight is 265 g/mol. The van der Waals surface area contributed by atoms with Crippen LogP contribution in [0.5, 0.6) is 0 Å². The average Bonchev–Trinajstić information content (AvgIpc) is 2.73. The van der Waals surface area contributed by atoms with Crippen molar-refractivity contribution < 1.29 is 9.52 Å². The van der Waals surface area contributed by atoms with Crippen LogP contribution in [0.1, 0.15) is 19.8 Å². The summed E-state index contributed by atoms with van der Waals surface area (Å²) in [7, 11) is 0. The summed E-state index contributed by atoms with van der Waals surface area (Å²) in [6.07, 6.45) is 1.90. The fourth-order valence-corrected chi connectivity index (χ4v) is 1.93. The van der Waals surface area contributed by atoms with E-state index in [0.717, 1.165) is 25.1 Å². The minimum absolute atomic E-state index is 0.213. The number of nitrogen functional groups attached to an aromatic ring is 1. The third-order valence-corrected chi connectivity index (χ3v) is 3.09. The second-order valence-corrected chi connectivity index (χ2v) is 4.81. The van der Waals surface area contributed by atoms with Gasteiger partial charge in [0.05, 0.1) is 16.9 Å². The lowest BCUT2D eigenvalue weighted by molar-refractivity contribution is 0.229. The number of fused-ring (bicyclic) bond motifs is 1. The largest absolute Gasteiger partial charge is 0.417 e. The molecule has 0 spiro atoms. The number of nitrogens with one attached hydrogen (secondary N) is 2. The minimum atomic E-state index is -0.483. The van der Waals surface area contributed by atoms with Crippen LogP contribution in [-0.2, 0) is 0 Å². The van der Waals surface area contributed by atoms with Crippen molar-refractivity contribution in [1.29, 1.82) is 0 Å². The Morgan fingerprint density at radius 1 is 1.53 bits per heavy atom. The van der Waals surface area contributed by atoms with Crippen LogP contribution < -0.4 is 16.8 Å². The highest BCUT2D eigenvalue weighted by Gasteiger charge is 2.06. The van der Waals surface area contributed by atoms with Gasteiger partial charge in [0.2, 0.25) is 0 Å². The van der Waals surface area contributed by atoms with Crippen LogP contribution in [0.4, 0.5) is 11.4 Å². The molecule has 6 nitrogen and oxygen atoms in total. The Hall–Kier alpha value is -1.95. The Balaban J connectivity index is 2.00. The summed E-state index contributed by atoms with van der Waals surface area (Å²) < 4.78 is 4.93. The van der Waals surface area contributed by atoms with E-state index in [9.17, 15) is 4.79 Å². The highest BCUT2D eigenvalue weighted by molar-refractivity contribution is 5.85. The predicted molar refractivity (Wildman–Crippen MR) is 75.2 cm³/mol. The molecule has 0 fully saturated rings. The lowest BCUT2D eigenvalue weighted by Gasteiger charge is -2.11. The number of anilines is 2. The van der Waals surface area contributed by atoms with E-state index in [0.29, 0.717) is 22.7 Å². The number of aromatic nitrogens is 1. The maximum absolute atomic E-state index is 11.1. The maximum Gasteiger partial charge on any atom is 0.417 e. The standard InChI is InChI=1S/C13H19N3O3/c1-8(7-17)3-2-4-15-10-6-11-12(5-9(10)14)19-13(18)16-11/h5-6,8,15,17H,2-4,7,14H2,1H3,(H,16,18). The molecular weight excluding hydrogens is 246 g/mol. The van der Waals surface area contributed by atoms with Gasteiger partial charge in [-0.05, 0) is 24.8 Å². The Bertz CT molecular complexity index is 603. The molecule has 0 saturated carbocycles. The minimum Gasteiger partial charge on any atom is -0.408 e. The second kappa shape index (κ2) is 5.79. The zero-order valence-electron chi connectivity index (χ0n) is 10.9. The van der Waals surface area contributed by atoms with Crippen LogP contribution in [0.25, 0.3) is 11.1 Å². The molecule has 5 N–H and O–H groups in total. The number of oxazole rings is 1. The summed E-state index contributed by atoms with van der Waals surface area (Å²) in [5.74, 6) is -0.171. The molecule has 2 aromatic rings. The Kier molecular flexibility index (Phi) is 4.11. The first-order valence-corrected chi connectivity index (χ1v) is 6.37. The van der Waals surface area contributed by atoms with E-state index in [2.05, 4.69) is 10.3 Å². The highest BCUT2D eigenvalue weighted by atomic mass is 16.4. The SMILES string of the molecule is CC(CO)CCCNc1cc2[nH]c(=O)oc2cc1N. The summed E-state index contributed by atoms with van der Waals surface area (Å²) in [5.41, 5.74) is 8.30. The van der Waals surface area contributed by atoms with Crippen LogP contribution in [0.15, 0.2) is 21.3 Å². The molecule has 0 aliphatic rings. The third kappa shape index (κ3) is 3.29. The zero-order valence-corrected chi connectivity index (χ0v) is 10.9. The van der Waals surface area contributed by atoms with Crippen LogP contribution in [0.2, 0.25) is 0 Å². The fourth-order valence-electron chi connectivity index (χ4n) is 1.93. The van der Waals surface area contributed by atoms with Crippen LogP contribution >= 0.6 is 0 Å². The topological polar surface area (TPSA) is 104 Å². The van der Waals surface area contributed by atoms with Crippen molar-refractivity contribution in [3.8, 4) is 0 Å². The van der Waals surface area contributed by atoms with Crippen molar-refractivity contribution in [2.45, 2.75) is 19.8 Å². The smallest absolute Gasteiger partial charge is 0.408 e. The number of aliphatic hydroxyl groups excluding tert-OH is 1. The lowest BCUT2D eigenvalue weighted by atomic mass is 10.1. The molecule has 0 amide bonds. The summed E-state index contributed by atoms with van der Waals surface area (Å²) >= 11 is 0. The van der Waals surface area contributed by atoms with Crippen molar-refractivity contribution in [2.24, 2.45) is 5.92 Å². The van der Waals surface area contributed by atoms with Crippen molar-refractivity contribution in [3.05, 3.63) is 22.7 Å². The normalized spacial score (nSPS) is 12.7. The number of benzene rings is 1. The maximum atomic E-state index is 11.1. The quantitative estimate of drug-likeness (QED) is 0.468. The summed E-state index contributed by atoms with van der Waals surface area (Å²) in [5, 5.41) is 12.2. The van der Waals surface area contributed by atoms with Crippen LogP contribution in [-0.4, -0.2) is 23.2 Å². The third-order valence-electron chi connectivity index (χ3n) is 3.09. The van der Waals surface area contributed by atoms with E-state index >= 15 is 0 Å². The molecule has 1 aromatic carbocycles. The lowest BCUT2D eigenvalue weighted by Crippen LogP contribution is -2.07. The first kappa shape index (κ1) is 13.5. The van der Waals surface area contributed by atoms with Crippen molar-refractivity contribution >= 4 is 22.5 Å². The van der Waals surface area contributed by atoms with Gasteiger partial charge in [-0.25, -0.2) is 4.79 Å². The molecule has 1 aromatic heterocycles. The number of aromatic amines is 1. The molecule has 6 heteroatoms. The molecule has 0 saturated heterocycles. The monoisotopic (exact) mass is 265 g/mol. The van der Waals surface area contributed by atoms with Gasteiger partial charge in [0.25, 0.3) is 0 Å². The molecule has 0 bridgehead atoms. The van der Waals surface area contributed by atoms with Gasteiger partial charge in [-0.2, -0.15) is 0 Å². The van der Waals surface area contributed by atoms with E-state index in [4.69, 9.17) is 15.3 Å². The molecule has 1 unspecified atom stereocenters. The number of aliphatic hydroxyl groups is 1. The van der Waals surface area contributed by atoms with Gasteiger partial charge in [-0.15, -0.1) is 0 Å². The molecule has 1 heterocycles. The zero-order chi connectivity index (χ0) is 13.8. The molecule has 0 aliphatic heterocycles. The Morgan fingerprint density at radius 2 is 2.32 bits per heavy atom. The molecular formula is C13H19N3O3. The van der Waals surface area contributed by atoms with Gasteiger partial charge in [0.1, 0.15) is 0 Å². The number of hydrogen-bond acceptors (Lipinski definition) is 5. The van der Waals surface area contributed by atoms with Gasteiger partial charge >= 0.3 is 5.76 Å². The number of rotatable bonds is 6. The van der Waals surface area contributed by atoms with E-state index < -0.39 is 5.76 Å². The molecule has 1 atom stereocenters. The van der Waals surface area contributed by atoms with Gasteiger partial charge in [0.15, 0.2) is 5.58 Å². The molecule has 0 aliphatic carbocycles. The van der Waals surface area contributed by atoms with Crippen molar-refractivity contribution in [3.63, 3.8) is 0 Å². The highest BCUT2D eigenvalue weighted by Crippen LogP contribution is 2.24. The molecule has 0 radical (unpaired) electrons. The van der Waals surface area contributed by atoms with Crippen LogP contribution in [0, 0.1) is 5.92 Å². The predicted octanol–water partition coefficient (Wildman–Crippen LogP) is 1.52. The summed E-state index contributed by atoms with van der Waals surface area (Å²) in [4.78, 5) is 13.7. The molecule has 2 rings (SSSR count). The first-order valence-electron chi connectivity index (χ1n) is 6.37. The number of H-pyrrole nitrogens is 1. The molecule has 104 valence electrons. The van der Waals surface area contributed by atoms with Crippen molar-refractivity contribution in [1.82, 2.24) is 4.98 Å². The van der Waals surface area contributed by atoms with Crippen molar-refractivity contribution in [2.75, 3.05) is 24.2 Å². The van der Waals surface area contributed by atoms with Gasteiger partial charge in [0, 0.05) is 19.2 Å². The first-order chi connectivity index (χ1) is 9.10. The molecule has 19 heavy (non-hydrogen) atoms.